The number of hydrogen-bond donors (Lipinski definition) is 0. The first-order chi connectivity index (χ1) is 30.1. The molecule has 0 fully saturated rings. The Balaban J connectivity index is 1.32. The number of hydrogen-bond acceptors (Lipinski definition) is 2. The van der Waals surface area contributed by atoms with E-state index in [1.54, 1.807) is 0 Å². The minimum absolute atomic E-state index is 0.113. The van der Waals surface area contributed by atoms with Crippen LogP contribution in [0.2, 0.25) is 0 Å². The monoisotopic (exact) mass is 694 g/mol. The third kappa shape index (κ3) is 4.05. The van der Waals surface area contributed by atoms with Crippen molar-refractivity contribution in [3.63, 3.8) is 0 Å². The summed E-state index contributed by atoms with van der Waals surface area (Å²) in [5, 5.41) is 7.06. The maximum atomic E-state index is 9.69. The van der Waals surface area contributed by atoms with Gasteiger partial charge in [-0.1, -0.05) is 164 Å². The van der Waals surface area contributed by atoms with Crippen LogP contribution in [0.3, 0.4) is 0 Å². The van der Waals surface area contributed by atoms with E-state index in [2.05, 4.69) is 30.3 Å². The van der Waals surface area contributed by atoms with Crippen molar-refractivity contribution in [2.75, 3.05) is 0 Å². The highest BCUT2D eigenvalue weighted by molar-refractivity contribution is 6.30. The topological polar surface area (TPSA) is 26.3 Å². The molecule has 2 heteroatoms. The molecule has 2 heterocycles. The molecule has 0 saturated heterocycles. The Morgan fingerprint density at radius 3 is 1.50 bits per heavy atom. The highest BCUT2D eigenvalue weighted by Gasteiger charge is 2.25. The van der Waals surface area contributed by atoms with E-state index in [9.17, 15) is 5.48 Å². The van der Waals surface area contributed by atoms with Crippen LogP contribution in [0, 0.1) is 0 Å². The molecule has 12 rings (SSSR count). The van der Waals surface area contributed by atoms with E-state index in [0.717, 1.165) is 48.8 Å². The second-order valence-electron chi connectivity index (χ2n) is 13.7. The number of rotatable bonds is 3. The summed E-state index contributed by atoms with van der Waals surface area (Å²) >= 11 is 0. The van der Waals surface area contributed by atoms with Gasteiger partial charge in [-0.05, 0) is 83.5 Å². The predicted molar refractivity (Wildman–Crippen MR) is 227 cm³/mol. The van der Waals surface area contributed by atoms with Crippen molar-refractivity contribution >= 4 is 87.0 Å². The fraction of sp³-hybridized carbons (Fsp3) is 0. The minimum atomic E-state index is -0.470. The van der Waals surface area contributed by atoms with E-state index >= 15 is 0 Å². The van der Waals surface area contributed by atoms with E-state index < -0.39 is 24.2 Å². The lowest BCUT2D eigenvalue weighted by molar-refractivity contribution is 0.663. The molecular weight excluding hydrogens is 657 g/mol. The molecule has 0 radical (unpaired) electrons. The Bertz CT molecular complexity index is 3880. The van der Waals surface area contributed by atoms with Gasteiger partial charge in [-0.3, -0.25) is 0 Å². The lowest BCUT2D eigenvalue weighted by Crippen LogP contribution is -1.92. The van der Waals surface area contributed by atoms with E-state index in [1.807, 2.05) is 103 Å². The summed E-state index contributed by atoms with van der Waals surface area (Å²) in [6.45, 7) is 0. The van der Waals surface area contributed by atoms with Crippen LogP contribution < -0.4 is 0 Å². The molecular formula is C52H30O2. The zero-order valence-electron chi connectivity index (χ0n) is 36.5. The Labute approximate surface area is 321 Å². The van der Waals surface area contributed by atoms with Crippen molar-refractivity contribution in [2.45, 2.75) is 0 Å². The average molecular weight is 695 g/mol. The second-order valence-corrected chi connectivity index (χ2v) is 13.7. The molecule has 2 aromatic heterocycles. The van der Waals surface area contributed by atoms with Crippen LogP contribution in [0.1, 0.15) is 11.0 Å². The molecule has 0 bridgehead atoms. The molecule has 10 aromatic carbocycles. The SMILES string of the molecule is [2H]c1c([2H])c([2H])c2c(-c3cc4c5ccccc5oc4c4c3oc3ccccc34)c3c([2H])c([2H])c([2H])c([2H])c3c(-c3cccc4c3ccc3c(-c5ccccc5)cccc34)c2c1[2H]. The van der Waals surface area contributed by atoms with Crippen LogP contribution in [0.5, 0.6) is 0 Å². The summed E-state index contributed by atoms with van der Waals surface area (Å²) in [5.41, 5.74) is 5.72. The van der Waals surface area contributed by atoms with Crippen molar-refractivity contribution in [1.82, 2.24) is 0 Å². The molecule has 2 nitrogen and oxygen atoms in total. The molecule has 250 valence electrons. The summed E-state index contributed by atoms with van der Waals surface area (Å²) < 4.78 is 88.2. The highest BCUT2D eigenvalue weighted by Crippen LogP contribution is 2.50. The fourth-order valence-corrected chi connectivity index (χ4v) is 8.63. The summed E-state index contributed by atoms with van der Waals surface area (Å²) in [6.07, 6.45) is 0. The molecule has 0 aliphatic carbocycles. The normalized spacial score (nSPS) is 14.1. The van der Waals surface area contributed by atoms with Gasteiger partial charge in [-0.25, -0.2) is 0 Å². The number of benzene rings is 10. The van der Waals surface area contributed by atoms with Crippen LogP contribution >= 0.6 is 0 Å². The standard InChI is InChI=1S/C52H30O2/c1-2-14-31(15-3-1)32-22-12-23-33-34-24-13-25-38(36(34)29-28-35(32)33)48-39-17-4-6-19-41(39)49(42-20-7-5-18-40(42)48)45-30-44-37-16-8-10-26-46(37)53-51(44)50-43-21-9-11-27-47(43)54-52(45)50/h1-30H/i4D,5D,6D,7D,17D,18D,19D,20D. The van der Waals surface area contributed by atoms with Gasteiger partial charge in [0.1, 0.15) is 22.3 Å². The summed E-state index contributed by atoms with van der Waals surface area (Å²) in [5.74, 6) is 0. The maximum absolute atomic E-state index is 9.69. The van der Waals surface area contributed by atoms with Gasteiger partial charge in [0.2, 0.25) is 0 Å². The minimum Gasteiger partial charge on any atom is -0.455 e. The lowest BCUT2D eigenvalue weighted by Gasteiger charge is -2.19. The Kier molecular flexibility index (Phi) is 4.70. The molecule has 0 spiro atoms. The predicted octanol–water partition coefficient (Wildman–Crippen LogP) is 15.1. The summed E-state index contributed by atoms with van der Waals surface area (Å²) in [4.78, 5) is 0. The van der Waals surface area contributed by atoms with Crippen LogP contribution in [-0.2, 0) is 0 Å². The van der Waals surface area contributed by atoms with E-state index in [4.69, 9.17) is 14.3 Å². The molecule has 0 saturated carbocycles. The smallest absolute Gasteiger partial charge is 0.147 e. The average Bonchev–Trinajstić information content (AvgIpc) is 3.89. The molecule has 0 amide bonds. The van der Waals surface area contributed by atoms with Crippen LogP contribution in [0.4, 0.5) is 0 Å². The highest BCUT2D eigenvalue weighted by atomic mass is 16.3. The van der Waals surface area contributed by atoms with E-state index in [-0.39, 0.29) is 56.8 Å². The van der Waals surface area contributed by atoms with E-state index in [0.29, 0.717) is 38.8 Å². The van der Waals surface area contributed by atoms with E-state index in [1.165, 1.54) is 0 Å². The van der Waals surface area contributed by atoms with Gasteiger partial charge >= 0.3 is 0 Å². The van der Waals surface area contributed by atoms with Crippen LogP contribution in [0.25, 0.3) is 120 Å². The van der Waals surface area contributed by atoms with Crippen molar-refractivity contribution < 1.29 is 19.8 Å². The zero-order valence-corrected chi connectivity index (χ0v) is 28.5. The van der Waals surface area contributed by atoms with Gasteiger partial charge in [0, 0.05) is 27.3 Å². The van der Waals surface area contributed by atoms with Crippen LogP contribution in [0.15, 0.2) is 191 Å². The number of furan rings is 2. The third-order valence-corrected chi connectivity index (χ3v) is 10.9. The molecule has 54 heavy (non-hydrogen) atoms. The molecule has 12 aromatic rings. The maximum Gasteiger partial charge on any atom is 0.147 e. The second kappa shape index (κ2) is 11.2. The Hall–Kier alpha value is -7.16. The zero-order chi connectivity index (χ0) is 42.3. The lowest BCUT2D eigenvalue weighted by atomic mass is 9.83. The van der Waals surface area contributed by atoms with Crippen molar-refractivity contribution in [3.8, 4) is 33.4 Å². The molecule has 0 aliphatic heterocycles. The van der Waals surface area contributed by atoms with Crippen molar-refractivity contribution in [2.24, 2.45) is 0 Å². The van der Waals surface area contributed by atoms with Gasteiger partial charge in [0.15, 0.2) is 0 Å². The summed E-state index contributed by atoms with van der Waals surface area (Å²) in [7, 11) is 0. The van der Waals surface area contributed by atoms with Gasteiger partial charge in [-0.2, -0.15) is 0 Å². The first kappa shape index (κ1) is 22.7. The summed E-state index contributed by atoms with van der Waals surface area (Å²) in [6, 6.07) is 40.0. The van der Waals surface area contributed by atoms with Crippen molar-refractivity contribution in [1.29, 1.82) is 0 Å². The molecule has 0 unspecified atom stereocenters. The molecule has 0 aliphatic rings. The Morgan fingerprint density at radius 1 is 0.333 bits per heavy atom. The van der Waals surface area contributed by atoms with Gasteiger partial charge in [0.05, 0.1) is 16.4 Å². The van der Waals surface area contributed by atoms with Crippen molar-refractivity contribution in [3.05, 3.63) is 182 Å². The molecule has 0 N–H and O–H groups in total. The number of fused-ring (bicyclic) bond motifs is 12. The largest absolute Gasteiger partial charge is 0.455 e. The third-order valence-electron chi connectivity index (χ3n) is 10.9. The number of para-hydroxylation sites is 2. The van der Waals surface area contributed by atoms with Gasteiger partial charge in [-0.15, -0.1) is 0 Å². The quantitative estimate of drug-likeness (QED) is 0.136. The Morgan fingerprint density at radius 2 is 0.833 bits per heavy atom. The van der Waals surface area contributed by atoms with Gasteiger partial charge < -0.3 is 8.83 Å². The first-order valence-electron chi connectivity index (χ1n) is 21.9. The first-order valence-corrected chi connectivity index (χ1v) is 17.9. The van der Waals surface area contributed by atoms with Gasteiger partial charge in [0.25, 0.3) is 0 Å². The molecule has 0 atom stereocenters. The fourth-order valence-electron chi connectivity index (χ4n) is 8.63. The van der Waals surface area contributed by atoms with Crippen LogP contribution in [-0.4, -0.2) is 0 Å².